The molecule has 0 aliphatic heterocycles. The highest BCUT2D eigenvalue weighted by Gasteiger charge is 2.31. The number of hydrogen-bond donors (Lipinski definition) is 3. The van der Waals surface area contributed by atoms with Gasteiger partial charge in [0.15, 0.2) is 0 Å². The largest absolute Gasteiger partial charge is 0.508 e. The molecule has 0 bridgehead atoms. The summed E-state index contributed by atoms with van der Waals surface area (Å²) in [5, 5.41) is 20.3. The summed E-state index contributed by atoms with van der Waals surface area (Å²) < 4.78 is 40.2. The predicted molar refractivity (Wildman–Crippen MR) is 114 cm³/mol. The number of halogens is 4. The number of H-pyrrole nitrogens is 1. The van der Waals surface area contributed by atoms with Crippen molar-refractivity contribution in [3.8, 4) is 22.6 Å². The van der Waals surface area contributed by atoms with E-state index in [1.165, 1.54) is 36.4 Å². The van der Waals surface area contributed by atoms with E-state index in [-0.39, 0.29) is 43.4 Å². The Bertz CT molecular complexity index is 1350. The zero-order chi connectivity index (χ0) is 22.3. The number of rotatable bonds is 3. The first-order valence-corrected chi connectivity index (χ1v) is 10.1. The van der Waals surface area contributed by atoms with Gasteiger partial charge < -0.3 is 15.2 Å². The van der Waals surface area contributed by atoms with Gasteiger partial charge in [0.25, 0.3) is 5.56 Å². The second kappa shape index (κ2) is 7.86. The van der Waals surface area contributed by atoms with Crippen LogP contribution < -0.4 is 5.56 Å². The van der Waals surface area contributed by atoms with Crippen molar-refractivity contribution >= 4 is 34.3 Å². The Hall–Kier alpha value is -3.10. The van der Waals surface area contributed by atoms with Crippen LogP contribution in [0.3, 0.4) is 0 Å². The van der Waals surface area contributed by atoms with E-state index in [0.29, 0.717) is 4.90 Å². The van der Waals surface area contributed by atoms with Gasteiger partial charge in [-0.3, -0.25) is 4.79 Å². The summed E-state index contributed by atoms with van der Waals surface area (Å²) in [6, 6.07) is 13.1. The molecular weight excluding hydrogens is 451 g/mol. The van der Waals surface area contributed by atoms with Gasteiger partial charge in [-0.25, -0.2) is 0 Å². The van der Waals surface area contributed by atoms with E-state index in [1.807, 2.05) is 0 Å². The Balaban J connectivity index is 2.07. The molecule has 0 atom stereocenters. The minimum atomic E-state index is -4.60. The molecule has 9 heteroatoms. The summed E-state index contributed by atoms with van der Waals surface area (Å²) in [7, 11) is 0. The molecule has 0 unspecified atom stereocenters. The fourth-order valence-corrected chi connectivity index (χ4v) is 4.30. The van der Waals surface area contributed by atoms with Crippen molar-refractivity contribution in [2.45, 2.75) is 16.0 Å². The molecule has 0 aliphatic carbocycles. The summed E-state index contributed by atoms with van der Waals surface area (Å²) in [6.45, 7) is 0. The van der Waals surface area contributed by atoms with Crippen LogP contribution in [0.4, 0.5) is 13.2 Å². The molecule has 0 aliphatic rings. The average molecular weight is 464 g/mol. The molecule has 31 heavy (non-hydrogen) atoms. The van der Waals surface area contributed by atoms with Crippen molar-refractivity contribution in [3.63, 3.8) is 0 Å². The van der Waals surface area contributed by atoms with E-state index < -0.39 is 17.3 Å². The quantitative estimate of drug-likeness (QED) is 0.327. The summed E-state index contributed by atoms with van der Waals surface area (Å²) in [4.78, 5) is 16.2. The Morgan fingerprint density at radius 2 is 1.65 bits per heavy atom. The van der Waals surface area contributed by atoms with Crippen LogP contribution >= 0.6 is 23.4 Å². The smallest absolute Gasteiger partial charge is 0.416 e. The van der Waals surface area contributed by atoms with Gasteiger partial charge in [-0.15, -0.1) is 0 Å². The first-order chi connectivity index (χ1) is 14.6. The first kappa shape index (κ1) is 21.1. The van der Waals surface area contributed by atoms with Crippen molar-refractivity contribution in [3.05, 3.63) is 81.6 Å². The number of aromatic hydroxyl groups is 2. The maximum absolute atomic E-state index is 13.4. The molecule has 1 heterocycles. The second-order valence-corrected chi connectivity index (χ2v) is 8.19. The van der Waals surface area contributed by atoms with Crippen molar-refractivity contribution < 1.29 is 23.4 Å². The van der Waals surface area contributed by atoms with Gasteiger partial charge >= 0.3 is 6.18 Å². The van der Waals surface area contributed by atoms with E-state index in [4.69, 9.17) is 11.6 Å². The summed E-state index contributed by atoms with van der Waals surface area (Å²) in [5.74, 6) is -0.208. The number of fused-ring (bicyclic) bond motifs is 1. The maximum atomic E-state index is 13.4. The van der Waals surface area contributed by atoms with Crippen molar-refractivity contribution in [1.29, 1.82) is 0 Å². The van der Waals surface area contributed by atoms with Crippen molar-refractivity contribution in [2.75, 3.05) is 0 Å². The predicted octanol–water partition coefficient (Wildman–Crippen LogP) is 6.43. The number of alkyl halides is 3. The van der Waals surface area contributed by atoms with Gasteiger partial charge in [-0.05, 0) is 60.7 Å². The molecule has 0 saturated carbocycles. The Morgan fingerprint density at radius 3 is 2.32 bits per heavy atom. The Labute approximate surface area is 182 Å². The van der Waals surface area contributed by atoms with E-state index >= 15 is 0 Å². The number of aromatic amines is 1. The fraction of sp³-hybridized carbons (Fsp3) is 0.0455. The lowest BCUT2D eigenvalue weighted by atomic mass is 9.98. The summed E-state index contributed by atoms with van der Waals surface area (Å²) in [6.07, 6.45) is -4.60. The molecule has 0 amide bonds. The third-order valence-electron chi connectivity index (χ3n) is 4.58. The summed E-state index contributed by atoms with van der Waals surface area (Å²) >= 11 is 7.08. The fourth-order valence-electron chi connectivity index (χ4n) is 3.16. The van der Waals surface area contributed by atoms with Crippen molar-refractivity contribution in [1.82, 2.24) is 4.98 Å². The SMILES string of the molecule is O=c1[nH]c2ccc(C(F)(F)F)cc2c(-c2cc(Cl)ccc2O)c1Sc1ccc(O)cc1. The molecule has 1 aromatic heterocycles. The monoisotopic (exact) mass is 463 g/mol. The highest BCUT2D eigenvalue weighted by molar-refractivity contribution is 7.99. The number of pyridine rings is 1. The van der Waals surface area contributed by atoms with Crippen LogP contribution in [0, 0.1) is 0 Å². The molecule has 3 aromatic carbocycles. The number of nitrogens with one attached hydrogen (secondary N) is 1. The van der Waals surface area contributed by atoms with E-state index in [1.54, 1.807) is 12.1 Å². The van der Waals surface area contributed by atoms with Crippen LogP contribution in [0.25, 0.3) is 22.0 Å². The topological polar surface area (TPSA) is 73.3 Å². The minimum absolute atomic E-state index is 0.0271. The molecule has 0 fully saturated rings. The molecule has 158 valence electrons. The number of benzene rings is 3. The lowest BCUT2D eigenvalue weighted by Gasteiger charge is -2.16. The highest BCUT2D eigenvalue weighted by Crippen LogP contribution is 2.43. The Kier molecular flexibility index (Phi) is 5.36. The van der Waals surface area contributed by atoms with Crippen LogP contribution in [-0.2, 0) is 6.18 Å². The molecule has 0 radical (unpaired) electrons. The molecule has 3 N–H and O–H groups in total. The molecular formula is C22H13ClF3NO3S. The van der Waals surface area contributed by atoms with Crippen molar-refractivity contribution in [2.24, 2.45) is 0 Å². The molecule has 0 spiro atoms. The average Bonchev–Trinajstić information content (AvgIpc) is 2.71. The van der Waals surface area contributed by atoms with Crippen LogP contribution in [0.1, 0.15) is 5.56 Å². The second-order valence-electron chi connectivity index (χ2n) is 6.67. The Morgan fingerprint density at radius 1 is 0.935 bits per heavy atom. The molecule has 4 rings (SSSR count). The normalized spacial score (nSPS) is 11.7. The molecule has 4 aromatic rings. The number of phenols is 2. The summed E-state index contributed by atoms with van der Waals surface area (Å²) in [5.41, 5.74) is -0.996. The van der Waals surface area contributed by atoms with E-state index in [9.17, 15) is 28.2 Å². The van der Waals surface area contributed by atoms with Gasteiger partial charge in [-0.2, -0.15) is 13.2 Å². The van der Waals surface area contributed by atoms with Crippen LogP contribution in [0.5, 0.6) is 11.5 Å². The standard InChI is InChI=1S/C22H13ClF3NO3S/c23-12-2-8-18(29)16(10-12)19-15-9-11(22(24,25)26)1-7-17(15)27-21(30)20(19)31-14-5-3-13(28)4-6-14/h1-10,28-29H,(H,27,30). The van der Waals surface area contributed by atoms with Crippen LogP contribution in [0.15, 0.2) is 75.2 Å². The number of phenolic OH excluding ortho intramolecular Hbond substituents is 2. The van der Waals surface area contributed by atoms with E-state index in [2.05, 4.69) is 4.98 Å². The number of aromatic nitrogens is 1. The van der Waals surface area contributed by atoms with Gasteiger partial charge in [0, 0.05) is 31.9 Å². The highest BCUT2D eigenvalue weighted by atomic mass is 35.5. The number of hydrogen-bond acceptors (Lipinski definition) is 4. The molecule has 4 nitrogen and oxygen atoms in total. The zero-order valence-corrected chi connectivity index (χ0v) is 17.1. The van der Waals surface area contributed by atoms with Gasteiger partial charge in [0.2, 0.25) is 0 Å². The van der Waals surface area contributed by atoms with E-state index in [0.717, 1.165) is 23.9 Å². The third kappa shape index (κ3) is 4.22. The maximum Gasteiger partial charge on any atom is 0.416 e. The van der Waals surface area contributed by atoms with Gasteiger partial charge in [0.1, 0.15) is 11.5 Å². The van der Waals surface area contributed by atoms with Gasteiger partial charge in [-0.1, -0.05) is 23.4 Å². The third-order valence-corrected chi connectivity index (χ3v) is 5.92. The zero-order valence-electron chi connectivity index (χ0n) is 15.5. The lowest BCUT2D eigenvalue weighted by Crippen LogP contribution is -2.12. The molecule has 0 saturated heterocycles. The lowest BCUT2D eigenvalue weighted by molar-refractivity contribution is -0.137. The minimum Gasteiger partial charge on any atom is -0.508 e. The van der Waals surface area contributed by atoms with Crippen LogP contribution in [-0.4, -0.2) is 15.2 Å². The first-order valence-electron chi connectivity index (χ1n) is 8.86. The van der Waals surface area contributed by atoms with Crippen LogP contribution in [0.2, 0.25) is 5.02 Å². The van der Waals surface area contributed by atoms with Gasteiger partial charge in [0.05, 0.1) is 10.5 Å².